The van der Waals surface area contributed by atoms with Gasteiger partial charge >= 0.3 is 5.97 Å². The number of hydrogen-bond acceptors (Lipinski definition) is 4. The Balaban J connectivity index is 1.75. The Bertz CT molecular complexity index is 1520. The van der Waals surface area contributed by atoms with Crippen molar-refractivity contribution < 1.29 is 24.3 Å². The zero-order valence-corrected chi connectivity index (χ0v) is 24.8. The van der Waals surface area contributed by atoms with Crippen LogP contribution in [-0.4, -0.2) is 57.9 Å². The Labute approximate surface area is 256 Å². The summed E-state index contributed by atoms with van der Waals surface area (Å²) >= 11 is 24.5. The lowest BCUT2D eigenvalue weighted by atomic mass is 10.0. The third-order valence-electron chi connectivity index (χ3n) is 6.61. The second kappa shape index (κ2) is 13.1. The molecule has 0 saturated carbocycles. The van der Waals surface area contributed by atoms with Crippen LogP contribution in [0.2, 0.25) is 20.1 Å². The molecule has 41 heavy (non-hydrogen) atoms. The molecule has 1 saturated heterocycles. The lowest BCUT2D eigenvalue weighted by Gasteiger charge is -2.43. The first-order valence-corrected chi connectivity index (χ1v) is 14.1. The molecule has 214 valence electrons. The van der Waals surface area contributed by atoms with Crippen LogP contribution < -0.4 is 5.32 Å². The van der Waals surface area contributed by atoms with E-state index in [1.807, 2.05) is 13.0 Å². The van der Waals surface area contributed by atoms with Gasteiger partial charge in [-0.25, -0.2) is 0 Å². The van der Waals surface area contributed by atoms with Crippen molar-refractivity contribution in [3.05, 3.63) is 103 Å². The van der Waals surface area contributed by atoms with E-state index >= 15 is 0 Å². The minimum atomic E-state index is -1.42. The maximum Gasteiger partial charge on any atom is 0.305 e. The first-order valence-electron chi connectivity index (χ1n) is 12.6. The van der Waals surface area contributed by atoms with E-state index in [0.29, 0.717) is 17.0 Å². The van der Waals surface area contributed by atoms with E-state index in [2.05, 4.69) is 5.32 Å². The molecule has 2 unspecified atom stereocenters. The molecule has 0 bridgehead atoms. The van der Waals surface area contributed by atoms with Gasteiger partial charge in [-0.15, -0.1) is 0 Å². The smallest absolute Gasteiger partial charge is 0.305 e. The van der Waals surface area contributed by atoms with Crippen molar-refractivity contribution in [3.8, 4) is 0 Å². The molecular formula is C29H25Cl4N3O5. The number of carboxylic acids is 1. The zero-order chi connectivity index (χ0) is 29.8. The summed E-state index contributed by atoms with van der Waals surface area (Å²) in [7, 11) is 0. The van der Waals surface area contributed by atoms with Gasteiger partial charge in [-0.1, -0.05) is 76.2 Å². The molecule has 0 spiro atoms. The summed E-state index contributed by atoms with van der Waals surface area (Å²) < 4.78 is 0. The molecule has 1 fully saturated rings. The Kier molecular flexibility index (Phi) is 9.81. The number of aliphatic carboxylic acids is 1. The van der Waals surface area contributed by atoms with E-state index in [1.54, 1.807) is 18.2 Å². The third-order valence-corrected chi connectivity index (χ3v) is 7.90. The molecule has 4 rings (SSSR count). The fourth-order valence-corrected chi connectivity index (χ4v) is 5.49. The van der Waals surface area contributed by atoms with E-state index < -0.39 is 42.3 Å². The maximum atomic E-state index is 14.0. The van der Waals surface area contributed by atoms with Crippen LogP contribution in [0, 0.1) is 6.92 Å². The lowest BCUT2D eigenvalue weighted by Crippen LogP contribution is -2.63. The van der Waals surface area contributed by atoms with Crippen molar-refractivity contribution in [1.82, 2.24) is 15.1 Å². The fraction of sp³-hybridized carbons (Fsp3) is 0.241. The van der Waals surface area contributed by atoms with Crippen LogP contribution in [0.1, 0.15) is 50.7 Å². The van der Waals surface area contributed by atoms with Gasteiger partial charge in [0.15, 0.2) is 6.17 Å². The summed E-state index contributed by atoms with van der Waals surface area (Å²) in [6.45, 7) is 2.12. The number of carboxylic acid groups (broad SMARTS) is 1. The van der Waals surface area contributed by atoms with Crippen LogP contribution >= 0.6 is 46.4 Å². The number of benzene rings is 3. The summed E-state index contributed by atoms with van der Waals surface area (Å²) in [5, 5.41) is 13.2. The average molecular weight is 637 g/mol. The molecule has 2 atom stereocenters. The third kappa shape index (κ3) is 7.13. The van der Waals surface area contributed by atoms with Crippen molar-refractivity contribution in [1.29, 1.82) is 0 Å². The number of carbonyl (C=O) groups excluding carboxylic acids is 3. The Morgan fingerprint density at radius 1 is 0.878 bits per heavy atom. The standard InChI is InChI=1S/C29H25Cl4N3O5/c1-16-4-2-5-17(12-16)24(15-25(37)38)34-26(39)27-35(28(40)18-6-9-21(31)23(33)13-18)10-3-11-36(27)29(41)20-8-7-19(30)14-22(20)32/h2,4-9,12-14,24,27H,3,10-11,15H2,1H3,(H,34,39)(H,37,38). The van der Waals surface area contributed by atoms with Crippen LogP contribution in [0.3, 0.4) is 0 Å². The number of amides is 3. The SMILES string of the molecule is Cc1cccc(C(CC(=O)O)NC(=O)C2N(C(=O)c3ccc(Cl)c(Cl)c3)CCCN2C(=O)c2ccc(Cl)cc2Cl)c1. The summed E-state index contributed by atoms with van der Waals surface area (Å²) in [6, 6.07) is 14.8. The lowest BCUT2D eigenvalue weighted by molar-refractivity contribution is -0.138. The van der Waals surface area contributed by atoms with Gasteiger partial charge in [0, 0.05) is 23.7 Å². The highest BCUT2D eigenvalue weighted by atomic mass is 35.5. The normalized spacial score (nSPS) is 15.8. The summed E-state index contributed by atoms with van der Waals surface area (Å²) in [4.78, 5) is 55.8. The number of halogens is 4. The summed E-state index contributed by atoms with van der Waals surface area (Å²) in [5.74, 6) is -3.02. The molecule has 1 heterocycles. The van der Waals surface area contributed by atoms with Crippen molar-refractivity contribution in [2.75, 3.05) is 13.1 Å². The van der Waals surface area contributed by atoms with Crippen LogP contribution in [0.15, 0.2) is 60.7 Å². The van der Waals surface area contributed by atoms with Crippen molar-refractivity contribution >= 4 is 70.1 Å². The fourth-order valence-electron chi connectivity index (χ4n) is 4.71. The summed E-state index contributed by atoms with van der Waals surface area (Å²) in [5.41, 5.74) is 1.70. The topological polar surface area (TPSA) is 107 Å². The molecule has 1 aliphatic rings. The summed E-state index contributed by atoms with van der Waals surface area (Å²) in [6.07, 6.45) is -1.48. The quantitative estimate of drug-likeness (QED) is 0.319. The first-order chi connectivity index (χ1) is 19.5. The van der Waals surface area contributed by atoms with E-state index in [9.17, 15) is 24.3 Å². The Hall–Kier alpha value is -3.30. The Morgan fingerprint density at radius 3 is 2.22 bits per heavy atom. The van der Waals surface area contributed by atoms with Crippen molar-refractivity contribution in [2.45, 2.75) is 32.0 Å². The average Bonchev–Trinajstić information content (AvgIpc) is 2.92. The molecule has 0 aliphatic carbocycles. The second-order valence-corrected chi connectivity index (χ2v) is 11.2. The highest BCUT2D eigenvalue weighted by molar-refractivity contribution is 6.42. The van der Waals surface area contributed by atoms with Crippen LogP contribution in [-0.2, 0) is 9.59 Å². The van der Waals surface area contributed by atoms with E-state index in [-0.39, 0.29) is 39.3 Å². The molecule has 8 nitrogen and oxygen atoms in total. The molecule has 3 aromatic carbocycles. The monoisotopic (exact) mass is 635 g/mol. The van der Waals surface area contributed by atoms with E-state index in [4.69, 9.17) is 46.4 Å². The molecular weight excluding hydrogens is 612 g/mol. The number of carbonyl (C=O) groups is 4. The maximum absolute atomic E-state index is 14.0. The predicted molar refractivity (Wildman–Crippen MR) is 158 cm³/mol. The highest BCUT2D eigenvalue weighted by Crippen LogP contribution is 2.29. The first kappa shape index (κ1) is 30.7. The molecule has 0 radical (unpaired) electrons. The van der Waals surface area contributed by atoms with Crippen molar-refractivity contribution in [2.24, 2.45) is 0 Å². The zero-order valence-electron chi connectivity index (χ0n) is 21.7. The van der Waals surface area contributed by atoms with Gasteiger partial charge in [0.2, 0.25) is 0 Å². The predicted octanol–water partition coefficient (Wildman–Crippen LogP) is 6.26. The van der Waals surface area contributed by atoms with Gasteiger partial charge in [0.1, 0.15) is 0 Å². The van der Waals surface area contributed by atoms with Crippen LogP contribution in [0.5, 0.6) is 0 Å². The van der Waals surface area contributed by atoms with Gasteiger partial charge in [-0.05, 0) is 55.3 Å². The molecule has 12 heteroatoms. The number of rotatable bonds is 7. The van der Waals surface area contributed by atoms with Gasteiger partial charge in [0.05, 0.1) is 33.1 Å². The number of hydrogen-bond donors (Lipinski definition) is 2. The van der Waals surface area contributed by atoms with Crippen molar-refractivity contribution in [3.63, 3.8) is 0 Å². The Morgan fingerprint density at radius 2 is 1.59 bits per heavy atom. The number of nitrogens with one attached hydrogen (secondary N) is 1. The minimum absolute atomic E-state index is 0.0816. The highest BCUT2D eigenvalue weighted by Gasteiger charge is 2.42. The number of aryl methyl sites for hydroxylation is 1. The largest absolute Gasteiger partial charge is 0.481 e. The second-order valence-electron chi connectivity index (χ2n) is 9.55. The van der Waals surface area contributed by atoms with Gasteiger partial charge in [0.25, 0.3) is 17.7 Å². The van der Waals surface area contributed by atoms with Crippen LogP contribution in [0.4, 0.5) is 0 Å². The van der Waals surface area contributed by atoms with Gasteiger partial charge < -0.3 is 20.2 Å². The minimum Gasteiger partial charge on any atom is -0.481 e. The van der Waals surface area contributed by atoms with Gasteiger partial charge in [-0.2, -0.15) is 0 Å². The molecule has 2 N–H and O–H groups in total. The molecule has 1 aliphatic heterocycles. The van der Waals surface area contributed by atoms with E-state index in [0.717, 1.165) is 5.56 Å². The van der Waals surface area contributed by atoms with E-state index in [1.165, 1.54) is 46.2 Å². The van der Waals surface area contributed by atoms with Crippen LogP contribution in [0.25, 0.3) is 0 Å². The molecule has 0 aromatic heterocycles. The molecule has 3 amide bonds. The molecule has 3 aromatic rings. The van der Waals surface area contributed by atoms with Gasteiger partial charge in [-0.3, -0.25) is 19.2 Å². The number of nitrogens with zero attached hydrogens (tertiary/aromatic N) is 2.